The molecule has 0 bridgehead atoms. The van der Waals surface area contributed by atoms with Gasteiger partial charge in [-0.3, -0.25) is 9.10 Å². The highest BCUT2D eigenvalue weighted by Gasteiger charge is 2.29. The highest BCUT2D eigenvalue weighted by Crippen LogP contribution is 2.30. The molecule has 7 heteroatoms. The average Bonchev–Trinajstić information content (AvgIpc) is 2.79. The molecule has 0 radical (unpaired) electrons. The van der Waals surface area contributed by atoms with Crippen molar-refractivity contribution in [1.82, 2.24) is 5.32 Å². The smallest absolute Gasteiger partial charge is 0.264 e. The van der Waals surface area contributed by atoms with Crippen molar-refractivity contribution in [3.05, 3.63) is 95.8 Å². The van der Waals surface area contributed by atoms with Crippen molar-refractivity contribution in [2.75, 3.05) is 10.8 Å². The van der Waals surface area contributed by atoms with Crippen molar-refractivity contribution in [2.45, 2.75) is 30.2 Å². The first-order valence-electron chi connectivity index (χ1n) is 10.2. The maximum Gasteiger partial charge on any atom is 0.264 e. The van der Waals surface area contributed by atoms with E-state index in [1.165, 1.54) is 42.0 Å². The number of carbonyl (C=O) groups excluding carboxylic acids is 1. The molecule has 31 heavy (non-hydrogen) atoms. The normalized spacial score (nSPS) is 15.7. The average molecular weight is 439 g/mol. The highest BCUT2D eigenvalue weighted by atomic mass is 32.2. The van der Waals surface area contributed by atoms with Crippen LogP contribution in [0.4, 0.5) is 10.1 Å². The molecule has 1 atom stereocenters. The molecule has 1 aliphatic carbocycles. The van der Waals surface area contributed by atoms with Crippen molar-refractivity contribution in [3.63, 3.8) is 0 Å². The fraction of sp³-hybridized carbons (Fsp3) is 0.208. The van der Waals surface area contributed by atoms with E-state index in [1.54, 1.807) is 18.2 Å². The Labute approximate surface area is 181 Å². The molecule has 4 rings (SSSR count). The number of hydrogen-bond donors (Lipinski definition) is 1. The van der Waals surface area contributed by atoms with E-state index < -0.39 is 28.3 Å². The fourth-order valence-corrected chi connectivity index (χ4v) is 5.36. The summed E-state index contributed by atoms with van der Waals surface area (Å²) in [4.78, 5) is 13.0. The van der Waals surface area contributed by atoms with Crippen LogP contribution in [0.3, 0.4) is 0 Å². The number of benzene rings is 3. The first-order valence-corrected chi connectivity index (χ1v) is 11.6. The molecule has 0 heterocycles. The summed E-state index contributed by atoms with van der Waals surface area (Å²) < 4.78 is 41.0. The van der Waals surface area contributed by atoms with Crippen LogP contribution >= 0.6 is 0 Å². The second-order valence-electron chi connectivity index (χ2n) is 7.51. The molecular weight excluding hydrogens is 415 g/mol. The number of sulfonamides is 1. The van der Waals surface area contributed by atoms with E-state index >= 15 is 0 Å². The molecule has 3 aromatic carbocycles. The van der Waals surface area contributed by atoms with Crippen LogP contribution in [0, 0.1) is 5.82 Å². The summed E-state index contributed by atoms with van der Waals surface area (Å²) in [6.45, 7) is -0.401. The number of rotatable bonds is 6. The van der Waals surface area contributed by atoms with E-state index in [9.17, 15) is 17.6 Å². The Morgan fingerprint density at radius 1 is 0.968 bits per heavy atom. The topological polar surface area (TPSA) is 66.5 Å². The standard InChI is InChI=1S/C24H23FN2O3S/c25-19-13-15-20(16-14-19)27(31(29,30)21-9-2-1-3-10-21)17-24(28)26-23-12-6-8-18-7-4-5-11-22(18)23/h1-5,7,9-11,13-16,23H,6,8,12,17H2,(H,26,28)/t23-/m1/s1. The summed E-state index contributed by atoms with van der Waals surface area (Å²) in [5.74, 6) is -0.894. The van der Waals surface area contributed by atoms with Gasteiger partial charge in [-0.2, -0.15) is 0 Å². The van der Waals surface area contributed by atoms with Crippen LogP contribution in [0.25, 0.3) is 0 Å². The lowest BCUT2D eigenvalue weighted by molar-refractivity contribution is -0.120. The third kappa shape index (κ3) is 4.61. The Morgan fingerprint density at radius 3 is 2.39 bits per heavy atom. The summed E-state index contributed by atoms with van der Waals surface area (Å²) in [5, 5.41) is 2.99. The van der Waals surface area contributed by atoms with Crippen LogP contribution in [-0.4, -0.2) is 20.9 Å². The van der Waals surface area contributed by atoms with Gasteiger partial charge in [-0.15, -0.1) is 0 Å². The van der Waals surface area contributed by atoms with Gasteiger partial charge in [-0.1, -0.05) is 42.5 Å². The van der Waals surface area contributed by atoms with Crippen molar-refractivity contribution < 1.29 is 17.6 Å². The van der Waals surface area contributed by atoms with Gasteiger partial charge in [0.2, 0.25) is 5.91 Å². The van der Waals surface area contributed by atoms with Gasteiger partial charge in [0, 0.05) is 0 Å². The van der Waals surface area contributed by atoms with E-state index in [0.717, 1.165) is 29.1 Å². The van der Waals surface area contributed by atoms with E-state index in [0.29, 0.717) is 0 Å². The molecule has 3 aromatic rings. The number of amides is 1. The quantitative estimate of drug-likeness (QED) is 0.627. The lowest BCUT2D eigenvalue weighted by Gasteiger charge is -2.28. The molecule has 1 N–H and O–H groups in total. The van der Waals surface area contributed by atoms with E-state index in [1.807, 2.05) is 18.2 Å². The number of anilines is 1. The zero-order chi connectivity index (χ0) is 21.8. The molecule has 0 aliphatic heterocycles. The number of carbonyl (C=O) groups is 1. The van der Waals surface area contributed by atoms with Crippen molar-refractivity contribution in [2.24, 2.45) is 0 Å². The number of halogens is 1. The second-order valence-corrected chi connectivity index (χ2v) is 9.37. The first-order chi connectivity index (χ1) is 14.9. The van der Waals surface area contributed by atoms with Crippen molar-refractivity contribution in [3.8, 4) is 0 Å². The van der Waals surface area contributed by atoms with Crippen molar-refractivity contribution in [1.29, 1.82) is 0 Å². The van der Waals surface area contributed by atoms with Crippen LogP contribution < -0.4 is 9.62 Å². The van der Waals surface area contributed by atoms with Gasteiger partial charge < -0.3 is 5.32 Å². The molecule has 0 unspecified atom stereocenters. The van der Waals surface area contributed by atoms with Crippen LogP contribution in [0.1, 0.15) is 30.0 Å². The molecule has 0 saturated carbocycles. The largest absolute Gasteiger partial charge is 0.348 e. The Hall–Kier alpha value is -3.19. The number of nitrogens with one attached hydrogen (secondary N) is 1. The number of aryl methyl sites for hydroxylation is 1. The van der Waals surface area contributed by atoms with Gasteiger partial charge in [0.25, 0.3) is 10.0 Å². The summed E-state index contributed by atoms with van der Waals surface area (Å²) in [6.07, 6.45) is 2.71. The number of nitrogens with zero attached hydrogens (tertiary/aromatic N) is 1. The molecule has 0 spiro atoms. The minimum Gasteiger partial charge on any atom is -0.348 e. The fourth-order valence-electron chi connectivity index (χ4n) is 3.92. The predicted octanol–water partition coefficient (Wildman–Crippen LogP) is 4.21. The summed E-state index contributed by atoms with van der Waals surface area (Å²) in [6, 6.07) is 20.8. The molecule has 1 aliphatic rings. The molecule has 5 nitrogen and oxygen atoms in total. The van der Waals surface area contributed by atoms with Crippen molar-refractivity contribution >= 4 is 21.6 Å². The summed E-state index contributed by atoms with van der Waals surface area (Å²) >= 11 is 0. The minimum absolute atomic E-state index is 0.0649. The third-order valence-corrected chi connectivity index (χ3v) is 7.23. The lowest BCUT2D eigenvalue weighted by atomic mass is 9.88. The van der Waals surface area contributed by atoms with Gasteiger partial charge in [0.15, 0.2) is 0 Å². The molecule has 0 aromatic heterocycles. The van der Waals surface area contributed by atoms with Gasteiger partial charge in [-0.05, 0) is 66.8 Å². The zero-order valence-electron chi connectivity index (χ0n) is 16.9. The maximum absolute atomic E-state index is 13.4. The van der Waals surface area contributed by atoms with Gasteiger partial charge in [0.05, 0.1) is 16.6 Å². The predicted molar refractivity (Wildman–Crippen MR) is 118 cm³/mol. The van der Waals surface area contributed by atoms with E-state index in [4.69, 9.17) is 0 Å². The second kappa shape index (κ2) is 8.89. The third-order valence-electron chi connectivity index (χ3n) is 5.44. The number of fused-ring (bicyclic) bond motifs is 1. The first kappa shape index (κ1) is 21.1. The summed E-state index contributed by atoms with van der Waals surface area (Å²) in [5.41, 5.74) is 2.50. The Bertz CT molecular complexity index is 1160. The van der Waals surface area contributed by atoms with Gasteiger partial charge >= 0.3 is 0 Å². The summed E-state index contributed by atoms with van der Waals surface area (Å²) in [7, 11) is -4.01. The molecule has 160 valence electrons. The number of hydrogen-bond acceptors (Lipinski definition) is 3. The SMILES string of the molecule is O=C(CN(c1ccc(F)cc1)S(=O)(=O)c1ccccc1)N[C@@H]1CCCc2ccccc21. The van der Waals surface area contributed by atoms with Gasteiger partial charge in [0.1, 0.15) is 12.4 Å². The van der Waals surface area contributed by atoms with Crippen LogP contribution in [-0.2, 0) is 21.2 Å². The van der Waals surface area contributed by atoms with Crippen LogP contribution in [0.5, 0.6) is 0 Å². The zero-order valence-corrected chi connectivity index (χ0v) is 17.7. The molecular formula is C24H23FN2O3S. The van der Waals surface area contributed by atoms with Gasteiger partial charge in [-0.25, -0.2) is 12.8 Å². The molecule has 1 amide bonds. The maximum atomic E-state index is 13.4. The lowest BCUT2D eigenvalue weighted by Crippen LogP contribution is -2.42. The van der Waals surface area contributed by atoms with E-state index in [-0.39, 0.29) is 16.6 Å². The Morgan fingerprint density at radius 2 is 1.65 bits per heavy atom. The van der Waals surface area contributed by atoms with Crippen LogP contribution in [0.2, 0.25) is 0 Å². The highest BCUT2D eigenvalue weighted by molar-refractivity contribution is 7.92. The van der Waals surface area contributed by atoms with Crippen LogP contribution in [0.15, 0.2) is 83.8 Å². The molecule has 0 fully saturated rings. The van der Waals surface area contributed by atoms with E-state index in [2.05, 4.69) is 11.4 Å². The monoisotopic (exact) mass is 438 g/mol. The molecule has 0 saturated heterocycles. The Balaban J connectivity index is 1.61. The Kier molecular flexibility index (Phi) is 6.04. The minimum atomic E-state index is -4.01.